The Balaban J connectivity index is 1.48. The molecule has 0 spiro atoms. The monoisotopic (exact) mass is 632 g/mol. The molecule has 0 bridgehead atoms. The summed E-state index contributed by atoms with van der Waals surface area (Å²) in [4.78, 5) is 56.5. The molecule has 2 aliphatic heterocycles. The van der Waals surface area contributed by atoms with E-state index >= 15 is 0 Å². The summed E-state index contributed by atoms with van der Waals surface area (Å²) in [5.74, 6) is -1.07. The molecule has 250 valence electrons. The van der Waals surface area contributed by atoms with Crippen LogP contribution < -0.4 is 16.0 Å². The maximum absolute atomic E-state index is 14.0. The molecule has 2 aromatic carbocycles. The topological polar surface area (TPSA) is 120 Å². The van der Waals surface area contributed by atoms with Gasteiger partial charge < -0.3 is 20.7 Å². The molecule has 2 saturated heterocycles. The highest BCUT2D eigenvalue weighted by Crippen LogP contribution is 2.29. The molecule has 9 nitrogen and oxygen atoms in total. The van der Waals surface area contributed by atoms with Crippen LogP contribution in [0.15, 0.2) is 54.6 Å². The van der Waals surface area contributed by atoms with Gasteiger partial charge >= 0.3 is 0 Å². The van der Waals surface area contributed by atoms with Gasteiger partial charge in [0, 0.05) is 6.42 Å². The van der Waals surface area contributed by atoms with Crippen LogP contribution in [0.2, 0.25) is 0 Å². The standard InChI is InChI=1S/C37H52N4O5/c1-26(2)22-31(38-33(42)24-41-20-10-5-6-11-21-41)35(44)40-32(23-29-12-8-7-9-13-29)36(45)39-30(34(43)37(4)25-46-37)19-18-28-16-14-27(3)15-17-28/h7-9,12-17,26,30-32H,5-6,10-11,18-25H2,1-4H3,(H,38,42)(H,39,45)(H,40,44)/t30-,31-,32-,37+/m0/s1. The molecule has 46 heavy (non-hydrogen) atoms. The zero-order valence-corrected chi connectivity index (χ0v) is 28.0. The minimum Gasteiger partial charge on any atom is -0.361 e. The number of likely N-dealkylation sites (tertiary alicyclic amines) is 1. The summed E-state index contributed by atoms with van der Waals surface area (Å²) >= 11 is 0. The third-order valence-electron chi connectivity index (χ3n) is 8.91. The van der Waals surface area contributed by atoms with Crippen LogP contribution in [0.1, 0.15) is 76.0 Å². The average Bonchev–Trinajstić information content (AvgIpc) is 3.83. The summed E-state index contributed by atoms with van der Waals surface area (Å²) in [7, 11) is 0. The number of hydrogen-bond acceptors (Lipinski definition) is 6. The number of nitrogens with one attached hydrogen (secondary N) is 3. The number of nitrogens with zero attached hydrogens (tertiary/aromatic N) is 1. The smallest absolute Gasteiger partial charge is 0.243 e. The van der Waals surface area contributed by atoms with Crippen molar-refractivity contribution in [2.45, 2.75) is 103 Å². The van der Waals surface area contributed by atoms with Crippen LogP contribution in [0.3, 0.4) is 0 Å². The van der Waals surface area contributed by atoms with E-state index in [-0.39, 0.29) is 30.6 Å². The highest BCUT2D eigenvalue weighted by atomic mass is 16.6. The maximum atomic E-state index is 14.0. The van der Waals surface area contributed by atoms with Gasteiger partial charge in [-0.15, -0.1) is 0 Å². The van der Waals surface area contributed by atoms with Crippen LogP contribution in [0, 0.1) is 12.8 Å². The molecule has 0 saturated carbocycles. The van der Waals surface area contributed by atoms with Gasteiger partial charge in [0.25, 0.3) is 0 Å². The summed E-state index contributed by atoms with van der Waals surface area (Å²) in [6.45, 7) is 10.1. The molecule has 4 rings (SSSR count). The van der Waals surface area contributed by atoms with Crippen molar-refractivity contribution in [3.8, 4) is 0 Å². The molecule has 2 aliphatic rings. The minimum atomic E-state index is -0.949. The Bertz CT molecular complexity index is 1300. The molecule has 0 unspecified atom stereocenters. The van der Waals surface area contributed by atoms with Gasteiger partial charge in [-0.05, 0) is 76.1 Å². The van der Waals surface area contributed by atoms with Gasteiger partial charge in [-0.3, -0.25) is 24.1 Å². The first-order valence-corrected chi connectivity index (χ1v) is 16.9. The number of ketones is 1. The Morgan fingerprint density at radius 3 is 2.02 bits per heavy atom. The van der Waals surface area contributed by atoms with Crippen molar-refractivity contribution in [2.24, 2.45) is 5.92 Å². The summed E-state index contributed by atoms with van der Waals surface area (Å²) in [5, 5.41) is 8.88. The average molecular weight is 633 g/mol. The van der Waals surface area contributed by atoms with E-state index in [1.54, 1.807) is 6.92 Å². The molecule has 3 amide bonds. The first kappa shape index (κ1) is 35.3. The normalized spacial score (nSPS) is 20.2. The number of benzene rings is 2. The molecule has 0 aromatic heterocycles. The lowest BCUT2D eigenvalue weighted by Gasteiger charge is -2.27. The second-order valence-corrected chi connectivity index (χ2v) is 13.7. The second kappa shape index (κ2) is 16.8. The van der Waals surface area contributed by atoms with Crippen molar-refractivity contribution < 1.29 is 23.9 Å². The van der Waals surface area contributed by atoms with Crippen LogP contribution in [-0.4, -0.2) is 78.4 Å². The lowest BCUT2D eigenvalue weighted by Crippen LogP contribution is -2.58. The van der Waals surface area contributed by atoms with E-state index in [9.17, 15) is 19.2 Å². The summed E-state index contributed by atoms with van der Waals surface area (Å²) in [5.41, 5.74) is 2.18. The van der Waals surface area contributed by atoms with E-state index in [1.165, 1.54) is 12.8 Å². The Morgan fingerprint density at radius 1 is 0.804 bits per heavy atom. The van der Waals surface area contributed by atoms with Crippen LogP contribution in [0.5, 0.6) is 0 Å². The lowest BCUT2D eigenvalue weighted by molar-refractivity contribution is -0.134. The molecule has 0 aliphatic carbocycles. The van der Waals surface area contributed by atoms with E-state index in [2.05, 4.69) is 20.9 Å². The third kappa shape index (κ3) is 11.1. The van der Waals surface area contributed by atoms with Gasteiger partial charge in [0.15, 0.2) is 5.78 Å². The van der Waals surface area contributed by atoms with E-state index in [0.29, 0.717) is 25.9 Å². The zero-order chi connectivity index (χ0) is 33.1. The Labute approximate surface area is 274 Å². The van der Waals surface area contributed by atoms with Crippen LogP contribution in [-0.2, 0) is 36.8 Å². The third-order valence-corrected chi connectivity index (χ3v) is 8.91. The number of carbonyl (C=O) groups excluding carboxylic acids is 4. The van der Waals surface area contributed by atoms with Crippen molar-refractivity contribution in [3.05, 3.63) is 71.3 Å². The number of hydrogen-bond donors (Lipinski definition) is 3. The number of amides is 3. The summed E-state index contributed by atoms with van der Waals surface area (Å²) in [6.07, 6.45) is 6.16. The van der Waals surface area contributed by atoms with E-state index in [4.69, 9.17) is 4.74 Å². The minimum absolute atomic E-state index is 0.138. The molecule has 2 heterocycles. The van der Waals surface area contributed by atoms with Crippen molar-refractivity contribution in [1.29, 1.82) is 0 Å². The van der Waals surface area contributed by atoms with Crippen molar-refractivity contribution >= 4 is 23.5 Å². The molecule has 0 radical (unpaired) electrons. The van der Waals surface area contributed by atoms with Crippen LogP contribution >= 0.6 is 0 Å². The van der Waals surface area contributed by atoms with Crippen molar-refractivity contribution in [1.82, 2.24) is 20.9 Å². The second-order valence-electron chi connectivity index (χ2n) is 13.7. The molecule has 3 N–H and O–H groups in total. The molecule has 9 heteroatoms. The highest BCUT2D eigenvalue weighted by Gasteiger charge is 2.50. The first-order valence-electron chi connectivity index (χ1n) is 16.9. The number of rotatable bonds is 16. The molecule has 2 aromatic rings. The first-order chi connectivity index (χ1) is 22.0. The number of aryl methyl sites for hydroxylation is 2. The molecule has 4 atom stereocenters. The highest BCUT2D eigenvalue weighted by molar-refractivity contribution is 5.98. The van der Waals surface area contributed by atoms with Crippen LogP contribution in [0.4, 0.5) is 0 Å². The maximum Gasteiger partial charge on any atom is 0.243 e. The van der Waals surface area contributed by atoms with Gasteiger partial charge in [0.05, 0.1) is 19.2 Å². The van der Waals surface area contributed by atoms with E-state index < -0.39 is 35.5 Å². The van der Waals surface area contributed by atoms with Crippen molar-refractivity contribution in [2.75, 3.05) is 26.2 Å². The summed E-state index contributed by atoms with van der Waals surface area (Å²) in [6, 6.07) is 15.1. The van der Waals surface area contributed by atoms with E-state index in [0.717, 1.165) is 42.6 Å². The Kier molecular flexibility index (Phi) is 12.9. The number of Topliss-reactive ketones (excluding diaryl/α,β-unsaturated/α-hetero) is 1. The molecular weight excluding hydrogens is 580 g/mol. The Morgan fingerprint density at radius 2 is 1.41 bits per heavy atom. The predicted octanol–water partition coefficient (Wildman–Crippen LogP) is 3.90. The SMILES string of the molecule is Cc1ccc(CC[C@H](NC(=O)[C@H](Cc2ccccc2)NC(=O)[C@H](CC(C)C)NC(=O)CN2CCCCCC2)C(=O)[C@@]2(C)CO2)cc1. The lowest BCUT2D eigenvalue weighted by atomic mass is 9.94. The predicted molar refractivity (Wildman–Crippen MR) is 179 cm³/mol. The van der Waals surface area contributed by atoms with Gasteiger partial charge in [-0.25, -0.2) is 0 Å². The van der Waals surface area contributed by atoms with Gasteiger partial charge in [-0.2, -0.15) is 0 Å². The van der Waals surface area contributed by atoms with Gasteiger partial charge in [0.1, 0.15) is 17.7 Å². The van der Waals surface area contributed by atoms with Gasteiger partial charge in [-0.1, -0.05) is 86.8 Å². The number of epoxide rings is 1. The largest absolute Gasteiger partial charge is 0.361 e. The quantitative estimate of drug-likeness (QED) is 0.242. The van der Waals surface area contributed by atoms with Crippen LogP contribution in [0.25, 0.3) is 0 Å². The van der Waals surface area contributed by atoms with E-state index in [1.807, 2.05) is 75.4 Å². The number of carbonyl (C=O) groups is 4. The summed E-state index contributed by atoms with van der Waals surface area (Å²) < 4.78 is 5.46. The van der Waals surface area contributed by atoms with Crippen molar-refractivity contribution in [3.63, 3.8) is 0 Å². The molecule has 2 fully saturated rings. The Hall–Kier alpha value is -3.56. The number of ether oxygens (including phenoxy) is 1. The zero-order valence-electron chi connectivity index (χ0n) is 28.0. The fraction of sp³-hybridized carbons (Fsp3) is 0.568. The van der Waals surface area contributed by atoms with Gasteiger partial charge in [0.2, 0.25) is 17.7 Å². The fourth-order valence-corrected chi connectivity index (χ4v) is 6.00. The fourth-order valence-electron chi connectivity index (χ4n) is 6.00. The molecular formula is C37H52N4O5.